The van der Waals surface area contributed by atoms with Crippen LogP contribution in [0.5, 0.6) is 0 Å². The molecule has 6 nitrogen and oxygen atoms in total. The highest BCUT2D eigenvalue weighted by atomic mass is 16.3. The maximum absolute atomic E-state index is 8.81. The Morgan fingerprint density at radius 2 is 2.07 bits per heavy atom. The van der Waals surface area contributed by atoms with Crippen molar-refractivity contribution in [2.75, 3.05) is 45.9 Å². The normalized spacial score (nSPS) is 19.4. The molecule has 1 aliphatic rings. The molecule has 0 amide bonds. The van der Waals surface area contributed by atoms with Crippen molar-refractivity contribution in [2.45, 2.75) is 6.92 Å². The molecule has 4 N–H and O–H groups in total. The second-order valence-electron chi connectivity index (χ2n) is 3.49. The van der Waals surface area contributed by atoms with E-state index in [1.807, 2.05) is 6.92 Å². The third kappa shape index (κ3) is 3.65. The van der Waals surface area contributed by atoms with E-state index in [9.17, 15) is 0 Å². The lowest BCUT2D eigenvalue weighted by molar-refractivity contribution is 0.145. The smallest absolute Gasteiger partial charge is 0.208 e. The zero-order valence-electron chi connectivity index (χ0n) is 9.32. The molecule has 0 saturated carbocycles. The molecule has 1 aliphatic heterocycles. The Morgan fingerprint density at radius 3 is 2.53 bits per heavy atom. The van der Waals surface area contributed by atoms with E-state index < -0.39 is 0 Å². The number of nitrogens with one attached hydrogen (secondary N) is 1. The Morgan fingerprint density at radius 1 is 1.40 bits per heavy atom. The Balaban J connectivity index is 2.38. The van der Waals surface area contributed by atoms with E-state index in [4.69, 9.17) is 10.9 Å². The van der Waals surface area contributed by atoms with Crippen LogP contribution in [-0.4, -0.2) is 66.7 Å². The fraction of sp³-hybridized carbons (Fsp3) is 0.889. The molecule has 0 spiro atoms. The number of aliphatic hydroxyl groups is 1. The second kappa shape index (κ2) is 6.60. The summed E-state index contributed by atoms with van der Waals surface area (Å²) in [4.78, 5) is 8.64. The molecule has 0 radical (unpaired) electrons. The maximum Gasteiger partial charge on any atom is 0.208 e. The van der Waals surface area contributed by atoms with Gasteiger partial charge in [0, 0.05) is 39.3 Å². The van der Waals surface area contributed by atoms with Gasteiger partial charge < -0.3 is 10.0 Å². The van der Waals surface area contributed by atoms with Gasteiger partial charge >= 0.3 is 0 Å². The molecule has 0 unspecified atom stereocenters. The molecule has 0 aromatic heterocycles. The Labute approximate surface area is 90.7 Å². The van der Waals surface area contributed by atoms with Gasteiger partial charge in [-0.15, -0.1) is 0 Å². The average molecular weight is 215 g/mol. The number of hydrazine groups is 1. The van der Waals surface area contributed by atoms with Crippen molar-refractivity contribution in [1.29, 1.82) is 0 Å². The topological polar surface area (TPSA) is 77.1 Å². The van der Waals surface area contributed by atoms with Gasteiger partial charge in [-0.05, 0) is 6.92 Å². The van der Waals surface area contributed by atoms with Crippen LogP contribution in [0.3, 0.4) is 0 Å². The van der Waals surface area contributed by atoms with E-state index in [2.05, 4.69) is 20.2 Å². The number of guanidine groups is 1. The van der Waals surface area contributed by atoms with Gasteiger partial charge in [-0.3, -0.25) is 15.3 Å². The molecule has 0 aromatic rings. The van der Waals surface area contributed by atoms with Crippen LogP contribution in [0, 0.1) is 0 Å². The van der Waals surface area contributed by atoms with Crippen molar-refractivity contribution in [3.8, 4) is 0 Å². The predicted octanol–water partition coefficient (Wildman–Crippen LogP) is -1.56. The zero-order valence-corrected chi connectivity index (χ0v) is 9.32. The summed E-state index contributed by atoms with van der Waals surface area (Å²) in [5, 5.41) is 8.81. The maximum atomic E-state index is 8.81. The van der Waals surface area contributed by atoms with E-state index in [1.54, 1.807) is 0 Å². The Kier molecular flexibility index (Phi) is 5.38. The number of aliphatic hydroxyl groups excluding tert-OH is 1. The van der Waals surface area contributed by atoms with Gasteiger partial charge in [-0.25, -0.2) is 5.84 Å². The monoisotopic (exact) mass is 215 g/mol. The first-order valence-corrected chi connectivity index (χ1v) is 5.41. The number of β-amino-alcohol motifs (C(OH)–C–C–N with tert-alkyl or cyclic N) is 1. The summed E-state index contributed by atoms with van der Waals surface area (Å²) >= 11 is 0. The molecule has 1 fully saturated rings. The lowest BCUT2D eigenvalue weighted by Gasteiger charge is -2.35. The van der Waals surface area contributed by atoms with Gasteiger partial charge in [0.1, 0.15) is 0 Å². The third-order valence-corrected chi connectivity index (χ3v) is 2.53. The number of hydrogen-bond donors (Lipinski definition) is 3. The largest absolute Gasteiger partial charge is 0.395 e. The van der Waals surface area contributed by atoms with E-state index in [0.717, 1.165) is 45.2 Å². The summed E-state index contributed by atoms with van der Waals surface area (Å²) < 4.78 is 0. The highest BCUT2D eigenvalue weighted by molar-refractivity contribution is 5.79. The van der Waals surface area contributed by atoms with Gasteiger partial charge in [0.25, 0.3) is 0 Å². The molecule has 1 heterocycles. The summed E-state index contributed by atoms with van der Waals surface area (Å²) in [5.74, 6) is 6.17. The third-order valence-electron chi connectivity index (χ3n) is 2.53. The van der Waals surface area contributed by atoms with Crippen molar-refractivity contribution >= 4 is 5.96 Å². The van der Waals surface area contributed by atoms with Crippen molar-refractivity contribution in [1.82, 2.24) is 15.2 Å². The number of piperazine rings is 1. The van der Waals surface area contributed by atoms with Gasteiger partial charge in [0.15, 0.2) is 0 Å². The summed E-state index contributed by atoms with van der Waals surface area (Å²) in [6, 6.07) is 0. The van der Waals surface area contributed by atoms with Gasteiger partial charge in [-0.1, -0.05) is 0 Å². The highest BCUT2D eigenvalue weighted by Crippen LogP contribution is 2.01. The van der Waals surface area contributed by atoms with Crippen molar-refractivity contribution in [2.24, 2.45) is 10.8 Å². The van der Waals surface area contributed by atoms with Crippen molar-refractivity contribution in [3.05, 3.63) is 0 Å². The minimum atomic E-state index is 0.227. The first kappa shape index (κ1) is 12.2. The number of rotatable bonds is 3. The minimum absolute atomic E-state index is 0.227. The Bertz CT molecular complexity index is 201. The zero-order chi connectivity index (χ0) is 11.1. The van der Waals surface area contributed by atoms with Crippen LogP contribution in [0.25, 0.3) is 0 Å². The van der Waals surface area contributed by atoms with Crippen LogP contribution in [0.15, 0.2) is 4.99 Å². The SMILES string of the molecule is CCN=C(NN)N1CCN(CCO)CC1. The predicted molar refractivity (Wildman–Crippen MR) is 60.4 cm³/mol. The molecule has 0 atom stereocenters. The summed E-state index contributed by atoms with van der Waals surface area (Å²) in [5.41, 5.74) is 2.63. The van der Waals surface area contributed by atoms with Crippen LogP contribution in [0.4, 0.5) is 0 Å². The van der Waals surface area contributed by atoms with Crippen molar-refractivity contribution in [3.63, 3.8) is 0 Å². The molecule has 0 aliphatic carbocycles. The molecule has 88 valence electrons. The molecule has 0 bridgehead atoms. The Hall–Kier alpha value is -0.850. The first-order chi connectivity index (χ1) is 7.31. The highest BCUT2D eigenvalue weighted by Gasteiger charge is 2.18. The van der Waals surface area contributed by atoms with Crippen LogP contribution in [0.1, 0.15) is 6.92 Å². The van der Waals surface area contributed by atoms with Gasteiger partial charge in [0.05, 0.1) is 6.61 Å². The second-order valence-corrected chi connectivity index (χ2v) is 3.49. The summed E-state index contributed by atoms with van der Waals surface area (Å²) in [6.45, 7) is 7.41. The van der Waals surface area contributed by atoms with E-state index in [-0.39, 0.29) is 6.61 Å². The molecule has 1 rings (SSSR count). The van der Waals surface area contributed by atoms with Crippen LogP contribution in [-0.2, 0) is 0 Å². The fourth-order valence-corrected chi connectivity index (χ4v) is 1.71. The number of aliphatic imine (C=N–C) groups is 1. The lowest BCUT2D eigenvalue weighted by atomic mass is 10.3. The number of nitrogens with two attached hydrogens (primary N) is 1. The van der Waals surface area contributed by atoms with Crippen LogP contribution < -0.4 is 11.3 Å². The number of nitrogens with zero attached hydrogens (tertiary/aromatic N) is 3. The number of hydrogen-bond acceptors (Lipinski definition) is 4. The first-order valence-electron chi connectivity index (χ1n) is 5.41. The summed E-state index contributed by atoms with van der Waals surface area (Å²) in [6.07, 6.45) is 0. The lowest BCUT2D eigenvalue weighted by Crippen LogP contribution is -2.54. The average Bonchev–Trinajstić information content (AvgIpc) is 2.28. The van der Waals surface area contributed by atoms with Crippen LogP contribution in [0.2, 0.25) is 0 Å². The molecular formula is C9H21N5O. The molecule has 15 heavy (non-hydrogen) atoms. The van der Waals surface area contributed by atoms with E-state index in [0.29, 0.717) is 0 Å². The minimum Gasteiger partial charge on any atom is -0.395 e. The summed E-state index contributed by atoms with van der Waals surface area (Å²) in [7, 11) is 0. The molecular weight excluding hydrogens is 194 g/mol. The van der Waals surface area contributed by atoms with E-state index in [1.165, 1.54) is 0 Å². The van der Waals surface area contributed by atoms with Gasteiger partial charge in [0.2, 0.25) is 5.96 Å². The fourth-order valence-electron chi connectivity index (χ4n) is 1.71. The molecule has 0 aromatic carbocycles. The van der Waals surface area contributed by atoms with Gasteiger partial charge in [-0.2, -0.15) is 0 Å². The standard InChI is InChI=1S/C9H21N5O/c1-2-11-9(12-10)14-5-3-13(4-6-14)7-8-15/h15H,2-8,10H2,1H3,(H,11,12). The quantitative estimate of drug-likeness (QED) is 0.230. The van der Waals surface area contributed by atoms with Crippen molar-refractivity contribution < 1.29 is 5.11 Å². The van der Waals surface area contributed by atoms with E-state index >= 15 is 0 Å². The molecule has 6 heteroatoms. The molecule has 1 saturated heterocycles. The van der Waals surface area contributed by atoms with Crippen LogP contribution >= 0.6 is 0 Å².